The molecular weight excluding hydrogens is 390 g/mol. The van der Waals surface area contributed by atoms with Crippen molar-refractivity contribution >= 4 is 17.7 Å². The van der Waals surface area contributed by atoms with Crippen molar-refractivity contribution in [1.29, 1.82) is 0 Å². The number of carbonyl (C=O) groups is 1. The predicted octanol–water partition coefficient (Wildman–Crippen LogP) is 4.26. The maximum atomic E-state index is 12.2. The molecule has 29 heavy (non-hydrogen) atoms. The largest absolute Gasteiger partial charge is 0.493 e. The Kier molecular flexibility index (Phi) is 5.99. The minimum absolute atomic E-state index is 0.0450. The van der Waals surface area contributed by atoms with Crippen LogP contribution in [0.25, 0.3) is 11.4 Å². The third-order valence-corrected chi connectivity index (χ3v) is 6.78. The van der Waals surface area contributed by atoms with Crippen LogP contribution in [0.15, 0.2) is 23.4 Å². The second kappa shape index (κ2) is 8.65. The Balaban J connectivity index is 1.72. The monoisotopic (exact) mass is 417 g/mol. The molecule has 4 rings (SSSR count). The summed E-state index contributed by atoms with van der Waals surface area (Å²) < 4.78 is 18.4. The topological polar surface area (TPSA) is 75.5 Å². The fraction of sp³-hybridized carbons (Fsp3) is 0.571. The minimum Gasteiger partial charge on any atom is -0.493 e. The van der Waals surface area contributed by atoms with Gasteiger partial charge in [-0.1, -0.05) is 31.0 Å². The van der Waals surface area contributed by atoms with Gasteiger partial charge in [-0.15, -0.1) is 10.2 Å². The van der Waals surface area contributed by atoms with Gasteiger partial charge in [0.1, 0.15) is 11.4 Å². The van der Waals surface area contributed by atoms with E-state index in [1.807, 2.05) is 25.1 Å². The maximum Gasteiger partial charge on any atom is 0.319 e. The lowest BCUT2D eigenvalue weighted by atomic mass is 9.95. The number of hydrogen-bond acceptors (Lipinski definition) is 7. The summed E-state index contributed by atoms with van der Waals surface area (Å²) in [4.78, 5) is 12.2. The van der Waals surface area contributed by atoms with Gasteiger partial charge in [-0.2, -0.15) is 0 Å². The first-order valence-corrected chi connectivity index (χ1v) is 11.0. The van der Waals surface area contributed by atoms with Gasteiger partial charge in [-0.05, 0) is 38.0 Å². The van der Waals surface area contributed by atoms with Gasteiger partial charge >= 0.3 is 5.97 Å². The zero-order chi connectivity index (χ0) is 20.4. The lowest BCUT2D eigenvalue weighted by molar-refractivity contribution is -0.140. The van der Waals surface area contributed by atoms with Crippen LogP contribution in [0.5, 0.6) is 11.5 Å². The van der Waals surface area contributed by atoms with Gasteiger partial charge in [-0.3, -0.25) is 9.36 Å². The van der Waals surface area contributed by atoms with Crippen molar-refractivity contribution in [1.82, 2.24) is 14.8 Å². The highest BCUT2D eigenvalue weighted by Crippen LogP contribution is 2.40. The second-order valence-electron chi connectivity index (χ2n) is 7.63. The van der Waals surface area contributed by atoms with Crippen molar-refractivity contribution in [2.24, 2.45) is 0 Å². The molecule has 0 bridgehead atoms. The molecule has 2 atom stereocenters. The minimum atomic E-state index is -0.227. The summed E-state index contributed by atoms with van der Waals surface area (Å²) in [5.41, 5.74) is 0.926. The summed E-state index contributed by atoms with van der Waals surface area (Å²) in [5.74, 6) is 1.98. The normalized spacial score (nSPS) is 22.5. The molecule has 156 valence electrons. The third-order valence-electron chi connectivity index (χ3n) is 5.62. The number of aromatic nitrogens is 3. The van der Waals surface area contributed by atoms with Crippen LogP contribution in [-0.4, -0.2) is 46.3 Å². The fourth-order valence-electron chi connectivity index (χ4n) is 4.14. The fourth-order valence-corrected chi connectivity index (χ4v) is 5.35. The van der Waals surface area contributed by atoms with E-state index in [1.54, 1.807) is 14.2 Å². The van der Waals surface area contributed by atoms with Gasteiger partial charge in [0.2, 0.25) is 0 Å². The number of esters is 1. The van der Waals surface area contributed by atoms with Crippen LogP contribution in [-0.2, 0) is 9.53 Å². The Morgan fingerprint density at radius 3 is 2.52 bits per heavy atom. The number of benzene rings is 1. The van der Waals surface area contributed by atoms with Crippen molar-refractivity contribution in [2.45, 2.75) is 68.0 Å². The Hall–Kier alpha value is -2.22. The first-order chi connectivity index (χ1) is 14.1. The van der Waals surface area contributed by atoms with E-state index in [1.165, 1.54) is 31.0 Å². The van der Waals surface area contributed by atoms with E-state index in [0.29, 0.717) is 24.0 Å². The van der Waals surface area contributed by atoms with Crippen LogP contribution in [0.2, 0.25) is 0 Å². The Bertz CT molecular complexity index is 879. The molecule has 2 aromatic rings. The zero-order valence-electron chi connectivity index (χ0n) is 17.1. The van der Waals surface area contributed by atoms with Crippen LogP contribution >= 0.6 is 11.8 Å². The number of hydrogen-bond donors (Lipinski definition) is 0. The van der Waals surface area contributed by atoms with Crippen LogP contribution < -0.4 is 9.47 Å². The molecule has 0 N–H and O–H groups in total. The molecule has 2 heterocycles. The molecule has 1 aliphatic carbocycles. The summed E-state index contributed by atoms with van der Waals surface area (Å²) in [5, 5.41) is 9.57. The summed E-state index contributed by atoms with van der Waals surface area (Å²) >= 11 is 1.48. The Morgan fingerprint density at radius 2 is 1.86 bits per heavy atom. The van der Waals surface area contributed by atoms with Crippen molar-refractivity contribution in [2.75, 3.05) is 14.2 Å². The molecule has 0 radical (unpaired) electrons. The van der Waals surface area contributed by atoms with Gasteiger partial charge < -0.3 is 14.2 Å². The quantitative estimate of drug-likeness (QED) is 0.650. The van der Waals surface area contributed by atoms with Crippen molar-refractivity contribution < 1.29 is 19.0 Å². The molecule has 1 saturated heterocycles. The first kappa shape index (κ1) is 20.1. The maximum absolute atomic E-state index is 12.2. The zero-order valence-corrected chi connectivity index (χ0v) is 17.9. The number of methoxy groups -OCH3 is 2. The summed E-state index contributed by atoms with van der Waals surface area (Å²) in [6.07, 6.45) is 6.50. The summed E-state index contributed by atoms with van der Waals surface area (Å²) in [7, 11) is 3.25. The molecule has 0 spiro atoms. The van der Waals surface area contributed by atoms with Crippen molar-refractivity contribution in [3.05, 3.63) is 18.2 Å². The van der Waals surface area contributed by atoms with Crippen LogP contribution in [0.4, 0.5) is 0 Å². The molecule has 1 aliphatic heterocycles. The van der Waals surface area contributed by atoms with E-state index < -0.39 is 0 Å². The lowest BCUT2D eigenvalue weighted by Crippen LogP contribution is -2.17. The van der Waals surface area contributed by atoms with Crippen LogP contribution in [0, 0.1) is 0 Å². The molecule has 2 fully saturated rings. The number of cyclic esters (lactones) is 1. The van der Waals surface area contributed by atoms with Gasteiger partial charge in [0, 0.05) is 18.0 Å². The smallest absolute Gasteiger partial charge is 0.319 e. The Morgan fingerprint density at radius 1 is 1.10 bits per heavy atom. The average Bonchev–Trinajstić information content (AvgIpc) is 3.30. The lowest BCUT2D eigenvalue weighted by Gasteiger charge is -2.26. The highest BCUT2D eigenvalue weighted by Gasteiger charge is 2.35. The van der Waals surface area contributed by atoms with Crippen molar-refractivity contribution in [3.63, 3.8) is 0 Å². The first-order valence-electron chi connectivity index (χ1n) is 10.1. The van der Waals surface area contributed by atoms with E-state index >= 15 is 0 Å². The van der Waals surface area contributed by atoms with Gasteiger partial charge in [0.15, 0.2) is 22.5 Å². The number of nitrogens with zero attached hydrogens (tertiary/aromatic N) is 3. The molecule has 1 aromatic heterocycles. The van der Waals surface area contributed by atoms with Gasteiger partial charge in [0.05, 0.1) is 14.2 Å². The SMILES string of the molecule is COc1ccc(-c2nnc(S[C@@H]3C[C@H](C)OC3=O)n2C2CCCCC2)cc1OC. The molecular formula is C21H27N3O4S. The second-order valence-corrected chi connectivity index (χ2v) is 8.80. The average molecular weight is 418 g/mol. The van der Waals surface area contributed by atoms with Crippen LogP contribution in [0.3, 0.4) is 0 Å². The van der Waals surface area contributed by atoms with E-state index in [4.69, 9.17) is 14.2 Å². The van der Waals surface area contributed by atoms with E-state index in [0.717, 1.165) is 29.4 Å². The van der Waals surface area contributed by atoms with Crippen molar-refractivity contribution in [3.8, 4) is 22.9 Å². The predicted molar refractivity (Wildman–Crippen MR) is 111 cm³/mol. The third kappa shape index (κ3) is 4.08. The molecule has 0 amide bonds. The van der Waals surface area contributed by atoms with Gasteiger partial charge in [-0.25, -0.2) is 0 Å². The standard InChI is InChI=1S/C21H27N3O4S/c1-13-11-18(20(25)28-13)29-21-23-22-19(24(21)15-7-5-4-6-8-15)14-9-10-16(26-2)17(12-14)27-3/h9-10,12-13,15,18H,4-8,11H2,1-3H3/t13-,18+/m0/s1. The highest BCUT2D eigenvalue weighted by molar-refractivity contribution is 8.00. The summed E-state index contributed by atoms with van der Waals surface area (Å²) in [6.45, 7) is 1.93. The molecule has 1 saturated carbocycles. The van der Waals surface area contributed by atoms with Gasteiger partial charge in [0.25, 0.3) is 0 Å². The molecule has 0 unspecified atom stereocenters. The molecule has 2 aliphatic rings. The number of rotatable bonds is 6. The Labute approximate surface area is 175 Å². The number of thioether (sulfide) groups is 1. The van der Waals surface area contributed by atoms with E-state index in [-0.39, 0.29) is 17.3 Å². The molecule has 8 heteroatoms. The molecule has 1 aromatic carbocycles. The number of carbonyl (C=O) groups excluding carboxylic acids is 1. The van der Waals surface area contributed by atoms with E-state index in [2.05, 4.69) is 14.8 Å². The summed E-state index contributed by atoms with van der Waals surface area (Å²) in [6, 6.07) is 6.13. The highest BCUT2D eigenvalue weighted by atomic mass is 32.2. The van der Waals surface area contributed by atoms with Crippen LogP contribution in [0.1, 0.15) is 51.5 Å². The number of ether oxygens (including phenoxy) is 3. The van der Waals surface area contributed by atoms with E-state index in [9.17, 15) is 4.79 Å². The molecule has 7 nitrogen and oxygen atoms in total.